The molecule has 0 spiro atoms. The van der Waals surface area contributed by atoms with Gasteiger partial charge in [-0.3, -0.25) is 14.9 Å². The molecule has 0 radical (unpaired) electrons. The quantitative estimate of drug-likeness (QED) is 0.623. The molecule has 0 atom stereocenters. The van der Waals surface area contributed by atoms with Crippen LogP contribution in [-0.2, 0) is 0 Å². The van der Waals surface area contributed by atoms with Gasteiger partial charge in [-0.1, -0.05) is 0 Å². The van der Waals surface area contributed by atoms with Crippen molar-refractivity contribution in [3.8, 4) is 0 Å². The second-order valence-electron chi connectivity index (χ2n) is 4.27. The van der Waals surface area contributed by atoms with Crippen molar-refractivity contribution < 1.29 is 14.1 Å². The smallest absolute Gasteiger partial charge is 0.269 e. The maximum Gasteiger partial charge on any atom is 0.269 e. The molecule has 0 aliphatic heterocycles. The van der Waals surface area contributed by atoms with Crippen LogP contribution in [0.25, 0.3) is 0 Å². The SMILES string of the molecule is CN(C(=O)c1ccc(Br)c(F)c1)c1ccc([N+](=O)[O-])cc1. The Morgan fingerprint density at radius 1 is 1.24 bits per heavy atom. The van der Waals surface area contributed by atoms with Crippen LogP contribution in [0.2, 0.25) is 0 Å². The summed E-state index contributed by atoms with van der Waals surface area (Å²) in [6.45, 7) is 0. The summed E-state index contributed by atoms with van der Waals surface area (Å²) < 4.78 is 13.7. The van der Waals surface area contributed by atoms with E-state index in [0.29, 0.717) is 5.69 Å². The molecule has 0 saturated heterocycles. The first-order chi connectivity index (χ1) is 9.90. The summed E-state index contributed by atoms with van der Waals surface area (Å²) >= 11 is 3.02. The standard InChI is InChI=1S/C14H10BrFN2O3/c1-17(10-3-5-11(6-4-10)18(20)21)14(19)9-2-7-12(15)13(16)8-9/h2-8H,1H3. The van der Waals surface area contributed by atoms with Crippen LogP contribution in [0.4, 0.5) is 15.8 Å². The minimum Gasteiger partial charge on any atom is -0.311 e. The molecule has 0 aliphatic rings. The van der Waals surface area contributed by atoms with Crippen LogP contribution >= 0.6 is 15.9 Å². The third-order valence-electron chi connectivity index (χ3n) is 2.92. The van der Waals surface area contributed by atoms with Crippen LogP contribution in [0.15, 0.2) is 46.9 Å². The fraction of sp³-hybridized carbons (Fsp3) is 0.0714. The molecule has 0 bridgehead atoms. The van der Waals surface area contributed by atoms with E-state index in [1.165, 1.54) is 48.3 Å². The van der Waals surface area contributed by atoms with Crippen LogP contribution in [0.3, 0.4) is 0 Å². The number of nitro benzene ring substituents is 1. The minimum absolute atomic E-state index is 0.0608. The number of nitrogens with zero attached hydrogens (tertiary/aromatic N) is 2. The molecule has 2 aromatic rings. The predicted octanol–water partition coefficient (Wildman–Crippen LogP) is 3.77. The molecule has 7 heteroatoms. The Kier molecular flexibility index (Phi) is 4.32. The van der Waals surface area contributed by atoms with Gasteiger partial charge in [-0.2, -0.15) is 0 Å². The molecular formula is C14H10BrFN2O3. The summed E-state index contributed by atoms with van der Waals surface area (Å²) in [7, 11) is 1.52. The number of anilines is 1. The van der Waals surface area contributed by atoms with Crippen molar-refractivity contribution >= 4 is 33.2 Å². The first-order valence-corrected chi connectivity index (χ1v) is 6.67. The highest BCUT2D eigenvalue weighted by molar-refractivity contribution is 9.10. The van der Waals surface area contributed by atoms with E-state index in [1.54, 1.807) is 0 Å². The van der Waals surface area contributed by atoms with E-state index in [0.717, 1.165) is 6.07 Å². The molecule has 0 aromatic heterocycles. The third-order valence-corrected chi connectivity index (χ3v) is 3.56. The van der Waals surface area contributed by atoms with Gasteiger partial charge in [-0.05, 0) is 46.3 Å². The second-order valence-corrected chi connectivity index (χ2v) is 5.12. The van der Waals surface area contributed by atoms with Crippen LogP contribution in [0, 0.1) is 15.9 Å². The number of benzene rings is 2. The monoisotopic (exact) mass is 352 g/mol. The molecule has 0 unspecified atom stereocenters. The molecule has 0 saturated carbocycles. The van der Waals surface area contributed by atoms with Gasteiger partial charge in [0.1, 0.15) is 5.82 Å². The number of hydrogen-bond donors (Lipinski definition) is 0. The summed E-state index contributed by atoms with van der Waals surface area (Å²) in [5.41, 5.74) is 0.611. The highest BCUT2D eigenvalue weighted by Gasteiger charge is 2.16. The molecule has 0 N–H and O–H groups in total. The number of carbonyl (C=O) groups excluding carboxylic acids is 1. The summed E-state index contributed by atoms with van der Waals surface area (Å²) in [5.74, 6) is -0.937. The van der Waals surface area contributed by atoms with Crippen molar-refractivity contribution in [2.45, 2.75) is 0 Å². The number of non-ortho nitro benzene ring substituents is 1. The molecule has 5 nitrogen and oxygen atoms in total. The van der Waals surface area contributed by atoms with Gasteiger partial charge >= 0.3 is 0 Å². The second kappa shape index (κ2) is 6.01. The van der Waals surface area contributed by atoms with Crippen molar-refractivity contribution in [2.24, 2.45) is 0 Å². The zero-order valence-corrected chi connectivity index (χ0v) is 12.5. The van der Waals surface area contributed by atoms with Gasteiger partial charge in [0, 0.05) is 30.4 Å². The fourth-order valence-corrected chi connectivity index (χ4v) is 1.98. The number of amides is 1. The topological polar surface area (TPSA) is 63.5 Å². The number of rotatable bonds is 3. The fourth-order valence-electron chi connectivity index (χ4n) is 1.74. The van der Waals surface area contributed by atoms with E-state index in [2.05, 4.69) is 15.9 Å². The van der Waals surface area contributed by atoms with Crippen molar-refractivity contribution in [3.63, 3.8) is 0 Å². The van der Waals surface area contributed by atoms with Crippen LogP contribution < -0.4 is 4.90 Å². The van der Waals surface area contributed by atoms with Crippen LogP contribution in [0.1, 0.15) is 10.4 Å². The number of carbonyl (C=O) groups is 1. The van der Waals surface area contributed by atoms with E-state index in [1.807, 2.05) is 0 Å². The highest BCUT2D eigenvalue weighted by atomic mass is 79.9. The average Bonchev–Trinajstić information content (AvgIpc) is 2.48. The lowest BCUT2D eigenvalue weighted by molar-refractivity contribution is -0.384. The van der Waals surface area contributed by atoms with Gasteiger partial charge in [-0.25, -0.2) is 4.39 Å². The molecule has 108 valence electrons. The average molecular weight is 353 g/mol. The van der Waals surface area contributed by atoms with Gasteiger partial charge in [0.05, 0.1) is 9.40 Å². The Bertz CT molecular complexity index is 704. The van der Waals surface area contributed by atoms with E-state index >= 15 is 0 Å². The first-order valence-electron chi connectivity index (χ1n) is 5.87. The normalized spacial score (nSPS) is 10.2. The summed E-state index contributed by atoms with van der Waals surface area (Å²) in [6, 6.07) is 9.62. The summed E-state index contributed by atoms with van der Waals surface area (Å²) in [5, 5.41) is 10.6. The lowest BCUT2D eigenvalue weighted by Gasteiger charge is -2.17. The third kappa shape index (κ3) is 3.25. The van der Waals surface area contributed by atoms with Gasteiger partial charge in [-0.15, -0.1) is 0 Å². The molecule has 2 aromatic carbocycles. The highest BCUT2D eigenvalue weighted by Crippen LogP contribution is 2.22. The predicted molar refractivity (Wildman–Crippen MR) is 79.9 cm³/mol. The molecule has 0 heterocycles. The molecule has 1 amide bonds. The van der Waals surface area contributed by atoms with Crippen molar-refractivity contribution in [3.05, 3.63) is 68.4 Å². The Hall–Kier alpha value is -2.28. The van der Waals surface area contributed by atoms with E-state index < -0.39 is 16.6 Å². The Morgan fingerprint density at radius 2 is 1.86 bits per heavy atom. The zero-order valence-electron chi connectivity index (χ0n) is 10.9. The number of hydrogen-bond acceptors (Lipinski definition) is 3. The number of halogens is 2. The molecule has 0 aliphatic carbocycles. The van der Waals surface area contributed by atoms with Crippen LogP contribution in [0.5, 0.6) is 0 Å². The van der Waals surface area contributed by atoms with E-state index in [4.69, 9.17) is 0 Å². The Morgan fingerprint density at radius 3 is 2.38 bits per heavy atom. The first kappa shape index (κ1) is 15.1. The van der Waals surface area contributed by atoms with Gasteiger partial charge in [0.25, 0.3) is 11.6 Å². The maximum absolute atomic E-state index is 13.5. The zero-order chi connectivity index (χ0) is 15.6. The Labute approximate surface area is 128 Å². The van der Waals surface area contributed by atoms with Gasteiger partial charge in [0.2, 0.25) is 0 Å². The van der Waals surface area contributed by atoms with Crippen molar-refractivity contribution in [1.29, 1.82) is 0 Å². The minimum atomic E-state index is -0.530. The lowest BCUT2D eigenvalue weighted by atomic mass is 10.2. The largest absolute Gasteiger partial charge is 0.311 e. The molecule has 21 heavy (non-hydrogen) atoms. The molecule has 0 fully saturated rings. The van der Waals surface area contributed by atoms with E-state index in [9.17, 15) is 19.3 Å². The number of nitro groups is 1. The molecule has 2 rings (SSSR count). The van der Waals surface area contributed by atoms with Gasteiger partial charge in [0.15, 0.2) is 0 Å². The van der Waals surface area contributed by atoms with Gasteiger partial charge < -0.3 is 4.90 Å². The molecular weight excluding hydrogens is 343 g/mol. The van der Waals surface area contributed by atoms with Crippen LogP contribution in [-0.4, -0.2) is 17.9 Å². The summed E-state index contributed by atoms with van der Waals surface area (Å²) in [6.07, 6.45) is 0. The summed E-state index contributed by atoms with van der Waals surface area (Å²) in [4.78, 5) is 23.6. The van der Waals surface area contributed by atoms with Crippen molar-refractivity contribution in [2.75, 3.05) is 11.9 Å². The Balaban J connectivity index is 2.25. The van der Waals surface area contributed by atoms with E-state index in [-0.39, 0.29) is 15.7 Å². The lowest BCUT2D eigenvalue weighted by Crippen LogP contribution is -2.26. The maximum atomic E-state index is 13.5. The van der Waals surface area contributed by atoms with Crippen molar-refractivity contribution in [1.82, 2.24) is 0 Å².